The fraction of sp³-hybridized carbons (Fsp3) is 0.333. The summed E-state index contributed by atoms with van der Waals surface area (Å²) in [6.07, 6.45) is 1.83. The van der Waals surface area contributed by atoms with Gasteiger partial charge in [-0.25, -0.2) is 4.98 Å². The van der Waals surface area contributed by atoms with Gasteiger partial charge in [0.1, 0.15) is 0 Å². The second-order valence-electron chi connectivity index (χ2n) is 3.22. The number of rotatable bonds is 2. The van der Waals surface area contributed by atoms with Crippen molar-refractivity contribution in [2.24, 2.45) is 0 Å². The molecule has 0 bridgehead atoms. The Kier molecular flexibility index (Phi) is 2.30. The number of pyridine rings is 1. The summed E-state index contributed by atoms with van der Waals surface area (Å²) in [7, 11) is 0. The van der Waals surface area contributed by atoms with E-state index in [1.54, 1.807) is 6.07 Å². The largest absolute Gasteiger partial charge is 0.380 e. The molecule has 0 aliphatic carbocycles. The third-order valence-electron chi connectivity index (χ3n) is 2.07. The fourth-order valence-corrected chi connectivity index (χ4v) is 1.44. The molecule has 1 saturated heterocycles. The molecule has 5 heteroatoms. The summed E-state index contributed by atoms with van der Waals surface area (Å²) in [5.74, 6) is -0.496. The SMILES string of the molecule is O=C1CC(Nc2ccnc(F)c2)CN1. The maximum atomic E-state index is 12.7. The van der Waals surface area contributed by atoms with E-state index in [2.05, 4.69) is 15.6 Å². The van der Waals surface area contributed by atoms with Crippen LogP contribution < -0.4 is 10.6 Å². The maximum Gasteiger partial charge on any atom is 0.222 e. The zero-order valence-corrected chi connectivity index (χ0v) is 7.46. The molecule has 0 aromatic carbocycles. The third kappa shape index (κ3) is 1.99. The molecular weight excluding hydrogens is 185 g/mol. The molecule has 4 nitrogen and oxygen atoms in total. The number of aromatic nitrogens is 1. The first-order chi connectivity index (χ1) is 6.74. The molecule has 74 valence electrons. The number of carbonyl (C=O) groups is 1. The van der Waals surface area contributed by atoms with E-state index in [-0.39, 0.29) is 11.9 Å². The molecule has 1 aliphatic rings. The predicted molar refractivity (Wildman–Crippen MR) is 49.2 cm³/mol. The highest BCUT2D eigenvalue weighted by atomic mass is 19.1. The monoisotopic (exact) mass is 195 g/mol. The molecule has 2 heterocycles. The summed E-state index contributed by atoms with van der Waals surface area (Å²) in [5.41, 5.74) is 0.652. The summed E-state index contributed by atoms with van der Waals surface area (Å²) >= 11 is 0. The molecule has 1 aromatic rings. The van der Waals surface area contributed by atoms with Gasteiger partial charge in [-0.2, -0.15) is 4.39 Å². The Labute approximate surface area is 80.5 Å². The molecule has 0 saturated carbocycles. The van der Waals surface area contributed by atoms with Crippen LogP contribution in [-0.2, 0) is 4.79 Å². The Morgan fingerprint density at radius 3 is 3.14 bits per heavy atom. The normalized spacial score (nSPS) is 20.6. The van der Waals surface area contributed by atoms with Crippen LogP contribution in [0.5, 0.6) is 0 Å². The number of halogens is 1. The van der Waals surface area contributed by atoms with Crippen molar-refractivity contribution in [3.63, 3.8) is 0 Å². The summed E-state index contributed by atoms with van der Waals surface area (Å²) in [5, 5.41) is 5.74. The summed E-state index contributed by atoms with van der Waals surface area (Å²) in [6.45, 7) is 0.586. The lowest BCUT2D eigenvalue weighted by molar-refractivity contribution is -0.119. The van der Waals surface area contributed by atoms with E-state index in [1.165, 1.54) is 12.3 Å². The van der Waals surface area contributed by atoms with Gasteiger partial charge < -0.3 is 10.6 Å². The minimum Gasteiger partial charge on any atom is -0.380 e. The number of anilines is 1. The zero-order chi connectivity index (χ0) is 9.97. The Balaban J connectivity index is 2.00. The van der Waals surface area contributed by atoms with Gasteiger partial charge in [0.05, 0.1) is 6.04 Å². The van der Waals surface area contributed by atoms with Gasteiger partial charge in [-0.1, -0.05) is 0 Å². The number of nitrogens with one attached hydrogen (secondary N) is 2. The highest BCUT2D eigenvalue weighted by Gasteiger charge is 2.20. The van der Waals surface area contributed by atoms with E-state index < -0.39 is 5.95 Å². The second-order valence-corrected chi connectivity index (χ2v) is 3.22. The van der Waals surface area contributed by atoms with Gasteiger partial charge in [0, 0.05) is 30.9 Å². The van der Waals surface area contributed by atoms with E-state index in [0.29, 0.717) is 18.7 Å². The molecule has 1 aromatic heterocycles. The molecule has 1 atom stereocenters. The van der Waals surface area contributed by atoms with Crippen molar-refractivity contribution in [2.45, 2.75) is 12.5 Å². The minimum absolute atomic E-state index is 0.0250. The first-order valence-electron chi connectivity index (χ1n) is 4.39. The van der Waals surface area contributed by atoms with Crippen LogP contribution in [0, 0.1) is 5.95 Å². The van der Waals surface area contributed by atoms with Crippen LogP contribution in [0.4, 0.5) is 10.1 Å². The molecule has 2 rings (SSSR count). The summed E-state index contributed by atoms with van der Waals surface area (Å²) in [6, 6.07) is 3.03. The zero-order valence-electron chi connectivity index (χ0n) is 7.46. The van der Waals surface area contributed by atoms with Crippen LogP contribution in [0.2, 0.25) is 0 Å². The molecule has 1 unspecified atom stereocenters. The number of hydrogen-bond acceptors (Lipinski definition) is 3. The quantitative estimate of drug-likeness (QED) is 0.676. The van der Waals surface area contributed by atoms with Gasteiger partial charge in [-0.3, -0.25) is 4.79 Å². The molecule has 0 spiro atoms. The number of carbonyl (C=O) groups excluding carboxylic acids is 1. The van der Waals surface area contributed by atoms with Crippen LogP contribution in [-0.4, -0.2) is 23.5 Å². The minimum atomic E-state index is -0.521. The van der Waals surface area contributed by atoms with Gasteiger partial charge in [0.15, 0.2) is 0 Å². The first kappa shape index (κ1) is 8.93. The number of hydrogen-bond donors (Lipinski definition) is 2. The molecule has 2 N–H and O–H groups in total. The van der Waals surface area contributed by atoms with Crippen molar-refractivity contribution in [2.75, 3.05) is 11.9 Å². The van der Waals surface area contributed by atoms with Gasteiger partial charge in [0.25, 0.3) is 0 Å². The molecule has 14 heavy (non-hydrogen) atoms. The lowest BCUT2D eigenvalue weighted by Crippen LogP contribution is -2.22. The molecule has 1 fully saturated rings. The highest BCUT2D eigenvalue weighted by Crippen LogP contribution is 2.11. The van der Waals surface area contributed by atoms with Crippen molar-refractivity contribution in [3.05, 3.63) is 24.3 Å². The lowest BCUT2D eigenvalue weighted by Gasteiger charge is -2.11. The van der Waals surface area contributed by atoms with E-state index >= 15 is 0 Å². The van der Waals surface area contributed by atoms with E-state index in [4.69, 9.17) is 0 Å². The Bertz CT molecular complexity index is 356. The van der Waals surface area contributed by atoms with Crippen molar-refractivity contribution in [3.8, 4) is 0 Å². The summed E-state index contributed by atoms with van der Waals surface area (Å²) < 4.78 is 12.7. The Morgan fingerprint density at radius 2 is 2.50 bits per heavy atom. The van der Waals surface area contributed by atoms with E-state index in [9.17, 15) is 9.18 Å². The smallest absolute Gasteiger partial charge is 0.222 e. The van der Waals surface area contributed by atoms with Crippen LogP contribution in [0.1, 0.15) is 6.42 Å². The standard InChI is InChI=1S/C9H10FN3O/c10-8-3-6(1-2-11-8)13-7-4-9(14)12-5-7/h1-3,7H,4-5H2,(H,11,13)(H,12,14). The van der Waals surface area contributed by atoms with Crippen LogP contribution in [0.25, 0.3) is 0 Å². The first-order valence-corrected chi connectivity index (χ1v) is 4.39. The van der Waals surface area contributed by atoms with Crippen molar-refractivity contribution in [1.29, 1.82) is 0 Å². The van der Waals surface area contributed by atoms with Gasteiger partial charge in [0.2, 0.25) is 11.9 Å². The van der Waals surface area contributed by atoms with Crippen molar-refractivity contribution >= 4 is 11.6 Å². The van der Waals surface area contributed by atoms with Gasteiger partial charge in [-0.15, -0.1) is 0 Å². The van der Waals surface area contributed by atoms with E-state index in [1.807, 2.05) is 0 Å². The molecule has 0 radical (unpaired) electrons. The Morgan fingerprint density at radius 1 is 1.64 bits per heavy atom. The molecular formula is C9H10FN3O. The average Bonchev–Trinajstić information content (AvgIpc) is 2.51. The number of nitrogens with zero attached hydrogens (tertiary/aromatic N) is 1. The van der Waals surface area contributed by atoms with E-state index in [0.717, 1.165) is 0 Å². The maximum absolute atomic E-state index is 12.7. The Hall–Kier alpha value is -1.65. The predicted octanol–water partition coefficient (Wildman–Crippen LogP) is 0.521. The highest BCUT2D eigenvalue weighted by molar-refractivity contribution is 5.79. The average molecular weight is 195 g/mol. The van der Waals surface area contributed by atoms with Crippen LogP contribution in [0.15, 0.2) is 18.3 Å². The van der Waals surface area contributed by atoms with Crippen LogP contribution >= 0.6 is 0 Å². The lowest BCUT2D eigenvalue weighted by atomic mass is 10.2. The van der Waals surface area contributed by atoms with Gasteiger partial charge >= 0.3 is 0 Å². The fourth-order valence-electron chi connectivity index (χ4n) is 1.44. The second kappa shape index (κ2) is 3.61. The van der Waals surface area contributed by atoms with Gasteiger partial charge in [-0.05, 0) is 6.07 Å². The third-order valence-corrected chi connectivity index (χ3v) is 2.07. The van der Waals surface area contributed by atoms with Crippen molar-refractivity contribution in [1.82, 2.24) is 10.3 Å². The van der Waals surface area contributed by atoms with Crippen molar-refractivity contribution < 1.29 is 9.18 Å². The number of amides is 1. The van der Waals surface area contributed by atoms with Crippen LogP contribution in [0.3, 0.4) is 0 Å². The molecule has 1 amide bonds. The summed E-state index contributed by atoms with van der Waals surface area (Å²) in [4.78, 5) is 14.3. The topological polar surface area (TPSA) is 54.0 Å². The molecule has 1 aliphatic heterocycles.